The van der Waals surface area contributed by atoms with Crippen LogP contribution in [0.4, 0.5) is 0 Å². The third-order valence-electron chi connectivity index (χ3n) is 5.83. The van der Waals surface area contributed by atoms with Gasteiger partial charge in [0.15, 0.2) is 0 Å². The molecule has 2 saturated heterocycles. The zero-order valence-electron chi connectivity index (χ0n) is 12.4. The molecular weight excluding hydrogens is 234 g/mol. The number of piperidine rings is 1. The molecule has 3 heteroatoms. The number of hydrogen-bond donors (Lipinski definition) is 1. The van der Waals surface area contributed by atoms with Crippen molar-refractivity contribution < 1.29 is 0 Å². The van der Waals surface area contributed by atoms with Gasteiger partial charge in [-0.3, -0.25) is 9.80 Å². The molecule has 1 aliphatic carbocycles. The quantitative estimate of drug-likeness (QED) is 0.848. The predicted molar refractivity (Wildman–Crippen MR) is 80.2 cm³/mol. The van der Waals surface area contributed by atoms with Gasteiger partial charge in [0.05, 0.1) is 0 Å². The van der Waals surface area contributed by atoms with Gasteiger partial charge in [0.2, 0.25) is 0 Å². The molecule has 19 heavy (non-hydrogen) atoms. The minimum atomic E-state index is 0.453. The van der Waals surface area contributed by atoms with Crippen LogP contribution in [0.2, 0.25) is 0 Å². The summed E-state index contributed by atoms with van der Waals surface area (Å²) in [5.74, 6) is 0. The largest absolute Gasteiger partial charge is 0.330 e. The van der Waals surface area contributed by atoms with Gasteiger partial charge in [-0.1, -0.05) is 25.7 Å². The van der Waals surface area contributed by atoms with Crippen LogP contribution >= 0.6 is 0 Å². The highest BCUT2D eigenvalue weighted by atomic mass is 15.3. The Balaban J connectivity index is 1.57. The van der Waals surface area contributed by atoms with Gasteiger partial charge < -0.3 is 5.73 Å². The standard InChI is InChI=1S/C16H31N3/c17-13-16(7-3-1-4-8-16)14-18-10-11-19-9-5-2-6-15(19)12-18/h15H,1-14,17H2. The van der Waals surface area contributed by atoms with Crippen LogP contribution in [0.5, 0.6) is 0 Å². The predicted octanol–water partition coefficient (Wildman–Crippen LogP) is 2.07. The molecule has 3 rings (SSSR count). The van der Waals surface area contributed by atoms with Gasteiger partial charge in [-0.25, -0.2) is 0 Å². The zero-order valence-corrected chi connectivity index (χ0v) is 12.4. The molecule has 1 saturated carbocycles. The maximum Gasteiger partial charge on any atom is 0.0223 e. The first-order valence-corrected chi connectivity index (χ1v) is 8.48. The Bertz CT molecular complexity index is 286. The van der Waals surface area contributed by atoms with Crippen LogP contribution in [0.15, 0.2) is 0 Å². The molecule has 0 aromatic rings. The van der Waals surface area contributed by atoms with Crippen molar-refractivity contribution in [3.63, 3.8) is 0 Å². The Morgan fingerprint density at radius 2 is 1.79 bits per heavy atom. The molecular formula is C16H31N3. The Morgan fingerprint density at radius 3 is 2.58 bits per heavy atom. The summed E-state index contributed by atoms with van der Waals surface area (Å²) in [5.41, 5.74) is 6.60. The minimum absolute atomic E-state index is 0.453. The lowest BCUT2D eigenvalue weighted by Crippen LogP contribution is -2.57. The monoisotopic (exact) mass is 265 g/mol. The van der Waals surface area contributed by atoms with Crippen LogP contribution in [0, 0.1) is 5.41 Å². The van der Waals surface area contributed by atoms with Crippen molar-refractivity contribution >= 4 is 0 Å². The number of hydrogen-bond acceptors (Lipinski definition) is 3. The van der Waals surface area contributed by atoms with E-state index in [1.165, 1.54) is 84.1 Å². The number of rotatable bonds is 3. The molecule has 0 aromatic carbocycles. The average molecular weight is 265 g/mol. The van der Waals surface area contributed by atoms with E-state index in [9.17, 15) is 0 Å². The first kappa shape index (κ1) is 13.8. The van der Waals surface area contributed by atoms with Crippen molar-refractivity contribution in [2.24, 2.45) is 11.1 Å². The number of piperazine rings is 1. The van der Waals surface area contributed by atoms with E-state index in [0.29, 0.717) is 5.41 Å². The molecule has 0 aromatic heterocycles. The summed E-state index contributed by atoms with van der Waals surface area (Å²) in [6.45, 7) is 7.40. The smallest absolute Gasteiger partial charge is 0.0223 e. The maximum absolute atomic E-state index is 6.15. The molecule has 1 atom stereocenters. The molecule has 2 aliphatic heterocycles. The van der Waals surface area contributed by atoms with Gasteiger partial charge in [-0.15, -0.1) is 0 Å². The van der Waals surface area contributed by atoms with Crippen molar-refractivity contribution in [3.8, 4) is 0 Å². The molecule has 0 amide bonds. The first-order valence-electron chi connectivity index (χ1n) is 8.48. The molecule has 110 valence electrons. The molecule has 0 spiro atoms. The van der Waals surface area contributed by atoms with Crippen molar-refractivity contribution in [1.29, 1.82) is 0 Å². The van der Waals surface area contributed by atoms with E-state index in [1.54, 1.807) is 0 Å². The Hall–Kier alpha value is -0.120. The van der Waals surface area contributed by atoms with Gasteiger partial charge in [-0.05, 0) is 44.2 Å². The highest BCUT2D eigenvalue weighted by molar-refractivity contribution is 4.91. The molecule has 2 heterocycles. The fraction of sp³-hybridized carbons (Fsp3) is 1.00. The van der Waals surface area contributed by atoms with Crippen LogP contribution in [0.3, 0.4) is 0 Å². The van der Waals surface area contributed by atoms with Crippen LogP contribution < -0.4 is 5.73 Å². The zero-order chi connectivity index (χ0) is 13.1. The third-order valence-corrected chi connectivity index (χ3v) is 5.83. The van der Waals surface area contributed by atoms with Gasteiger partial charge >= 0.3 is 0 Å². The fourth-order valence-electron chi connectivity index (χ4n) is 4.57. The molecule has 3 fully saturated rings. The van der Waals surface area contributed by atoms with E-state index in [-0.39, 0.29) is 0 Å². The lowest BCUT2D eigenvalue weighted by atomic mass is 9.73. The molecule has 0 bridgehead atoms. The summed E-state index contributed by atoms with van der Waals surface area (Å²) in [7, 11) is 0. The van der Waals surface area contributed by atoms with Gasteiger partial charge in [-0.2, -0.15) is 0 Å². The second-order valence-corrected chi connectivity index (χ2v) is 7.19. The van der Waals surface area contributed by atoms with Crippen molar-refractivity contribution in [3.05, 3.63) is 0 Å². The molecule has 3 nitrogen and oxygen atoms in total. The summed E-state index contributed by atoms with van der Waals surface area (Å²) in [5, 5.41) is 0. The van der Waals surface area contributed by atoms with E-state index in [2.05, 4.69) is 9.80 Å². The minimum Gasteiger partial charge on any atom is -0.330 e. The highest BCUT2D eigenvalue weighted by Crippen LogP contribution is 2.36. The summed E-state index contributed by atoms with van der Waals surface area (Å²) in [4.78, 5) is 5.47. The number of nitrogens with two attached hydrogens (primary N) is 1. The van der Waals surface area contributed by atoms with E-state index >= 15 is 0 Å². The van der Waals surface area contributed by atoms with Gasteiger partial charge in [0.25, 0.3) is 0 Å². The SMILES string of the molecule is NCC1(CN2CCN3CCCCC3C2)CCCCC1. The highest BCUT2D eigenvalue weighted by Gasteiger charge is 2.36. The van der Waals surface area contributed by atoms with Crippen LogP contribution in [0.25, 0.3) is 0 Å². The van der Waals surface area contributed by atoms with E-state index in [1.807, 2.05) is 0 Å². The second-order valence-electron chi connectivity index (χ2n) is 7.19. The third kappa shape index (κ3) is 3.14. The lowest BCUT2D eigenvalue weighted by molar-refractivity contribution is 0.0182. The van der Waals surface area contributed by atoms with Crippen molar-refractivity contribution in [1.82, 2.24) is 9.80 Å². The lowest BCUT2D eigenvalue weighted by Gasteiger charge is -2.47. The second kappa shape index (κ2) is 6.11. The molecule has 3 aliphatic rings. The summed E-state index contributed by atoms with van der Waals surface area (Å²) >= 11 is 0. The number of fused-ring (bicyclic) bond motifs is 1. The topological polar surface area (TPSA) is 32.5 Å². The maximum atomic E-state index is 6.15. The van der Waals surface area contributed by atoms with Gasteiger partial charge in [0, 0.05) is 32.2 Å². The molecule has 2 N–H and O–H groups in total. The normalized spacial score (nSPS) is 33.0. The van der Waals surface area contributed by atoms with E-state index in [4.69, 9.17) is 5.73 Å². The van der Waals surface area contributed by atoms with Gasteiger partial charge in [0.1, 0.15) is 0 Å². The summed E-state index contributed by atoms with van der Waals surface area (Å²) in [6, 6.07) is 0.848. The first-order chi connectivity index (χ1) is 9.31. The van der Waals surface area contributed by atoms with E-state index < -0.39 is 0 Å². The average Bonchev–Trinajstić information content (AvgIpc) is 2.48. The Morgan fingerprint density at radius 1 is 0.947 bits per heavy atom. The number of nitrogens with zero attached hydrogens (tertiary/aromatic N) is 2. The fourth-order valence-corrected chi connectivity index (χ4v) is 4.57. The summed E-state index contributed by atoms with van der Waals surface area (Å²) < 4.78 is 0. The van der Waals surface area contributed by atoms with E-state index in [0.717, 1.165) is 12.6 Å². The Labute approximate surface area is 118 Å². The van der Waals surface area contributed by atoms with Crippen LogP contribution in [0.1, 0.15) is 51.4 Å². The van der Waals surface area contributed by atoms with Crippen LogP contribution in [-0.4, -0.2) is 55.1 Å². The molecule has 0 radical (unpaired) electrons. The van der Waals surface area contributed by atoms with Crippen molar-refractivity contribution in [2.75, 3.05) is 39.3 Å². The Kier molecular flexibility index (Phi) is 4.45. The summed E-state index contributed by atoms with van der Waals surface area (Å²) in [6.07, 6.45) is 11.3. The van der Waals surface area contributed by atoms with Crippen LogP contribution in [-0.2, 0) is 0 Å². The molecule has 1 unspecified atom stereocenters. The van der Waals surface area contributed by atoms with Crippen molar-refractivity contribution in [2.45, 2.75) is 57.4 Å².